The van der Waals surface area contributed by atoms with Gasteiger partial charge in [0, 0.05) is 0 Å². The Labute approximate surface area is 62.8 Å². The van der Waals surface area contributed by atoms with Gasteiger partial charge < -0.3 is 10.9 Å². The molecule has 6 heteroatoms. The first-order chi connectivity index (χ1) is 5.16. The Morgan fingerprint density at radius 3 is 2.73 bits per heavy atom. The van der Waals surface area contributed by atoms with Crippen molar-refractivity contribution < 1.29 is 5.11 Å². The Hall–Kier alpha value is -1.30. The highest BCUT2D eigenvalue weighted by atomic mass is 16.3. The van der Waals surface area contributed by atoms with Crippen LogP contribution in [0.5, 0.6) is 0 Å². The summed E-state index contributed by atoms with van der Waals surface area (Å²) in [5.41, 5.74) is -0.406. The highest BCUT2D eigenvalue weighted by Crippen LogP contribution is 1.82. The van der Waals surface area contributed by atoms with Gasteiger partial charge in [-0.2, -0.15) is 9.77 Å². The normalized spacial score (nSPS) is 10.4. The molecule has 0 radical (unpaired) electrons. The minimum Gasteiger partial charge on any atom is -0.394 e. The van der Waals surface area contributed by atoms with Crippen LogP contribution >= 0.6 is 0 Å². The summed E-state index contributed by atoms with van der Waals surface area (Å²) in [4.78, 5) is 11.0. The summed E-state index contributed by atoms with van der Waals surface area (Å²) in [6.07, 6.45) is 0. The quantitative estimate of drug-likeness (QED) is 0.490. The van der Waals surface area contributed by atoms with E-state index in [2.05, 4.69) is 5.10 Å². The van der Waals surface area contributed by atoms with Crippen molar-refractivity contribution in [2.24, 2.45) is 0 Å². The number of hydrogen-bond acceptors (Lipinski definition) is 4. The molecule has 0 aliphatic heterocycles. The third-order valence-corrected chi connectivity index (χ3v) is 1.35. The topological polar surface area (TPSA) is 86.1 Å². The Morgan fingerprint density at radius 2 is 2.36 bits per heavy atom. The number of aromatic nitrogens is 3. The molecule has 1 rings (SSSR count). The molecular weight excluding hydrogens is 148 g/mol. The third kappa shape index (κ3) is 1.25. The van der Waals surface area contributed by atoms with Crippen LogP contribution in [0.3, 0.4) is 0 Å². The third-order valence-electron chi connectivity index (χ3n) is 1.35. The molecule has 6 nitrogen and oxygen atoms in total. The molecule has 0 atom stereocenters. The number of rotatable bonds is 2. The van der Waals surface area contributed by atoms with E-state index >= 15 is 0 Å². The van der Waals surface area contributed by atoms with Gasteiger partial charge in [0.25, 0.3) is 0 Å². The lowest BCUT2D eigenvalue weighted by molar-refractivity contribution is 0.266. The summed E-state index contributed by atoms with van der Waals surface area (Å²) in [6.45, 7) is 1.69. The summed E-state index contributed by atoms with van der Waals surface area (Å²) in [6, 6.07) is 0. The van der Waals surface area contributed by atoms with E-state index in [1.165, 1.54) is 0 Å². The monoisotopic (exact) mass is 158 g/mol. The second kappa shape index (κ2) is 2.75. The number of nitrogens with zero attached hydrogens (tertiary/aromatic N) is 3. The highest BCUT2D eigenvalue weighted by Gasteiger charge is 2.04. The van der Waals surface area contributed by atoms with E-state index in [0.29, 0.717) is 5.82 Å². The lowest BCUT2D eigenvalue weighted by Gasteiger charge is -1.91. The molecule has 3 N–H and O–H groups in total. The molecule has 0 saturated heterocycles. The predicted octanol–water partition coefficient (Wildman–Crippen LogP) is -1.94. The van der Waals surface area contributed by atoms with Crippen LogP contribution in [-0.2, 0) is 6.54 Å². The smallest absolute Gasteiger partial charge is 0.364 e. The van der Waals surface area contributed by atoms with Crippen molar-refractivity contribution in [2.75, 3.05) is 12.4 Å². The van der Waals surface area contributed by atoms with E-state index in [1.54, 1.807) is 6.92 Å². The molecule has 0 fully saturated rings. The van der Waals surface area contributed by atoms with Crippen molar-refractivity contribution >= 4 is 0 Å². The number of nitrogen functional groups attached to an aromatic ring is 1. The van der Waals surface area contributed by atoms with Crippen molar-refractivity contribution in [1.82, 2.24) is 14.5 Å². The van der Waals surface area contributed by atoms with E-state index in [1.807, 2.05) is 0 Å². The van der Waals surface area contributed by atoms with Gasteiger partial charge in [-0.1, -0.05) is 0 Å². The van der Waals surface area contributed by atoms with Crippen molar-refractivity contribution in [2.45, 2.75) is 13.5 Å². The van der Waals surface area contributed by atoms with Crippen LogP contribution in [0.2, 0.25) is 0 Å². The second-order valence-electron chi connectivity index (χ2n) is 2.15. The summed E-state index contributed by atoms with van der Waals surface area (Å²) in [5, 5.41) is 12.3. The number of aryl methyl sites for hydroxylation is 1. The number of aliphatic hydroxyl groups is 1. The van der Waals surface area contributed by atoms with E-state index in [4.69, 9.17) is 10.9 Å². The zero-order valence-corrected chi connectivity index (χ0v) is 6.19. The molecule has 0 aliphatic carbocycles. The van der Waals surface area contributed by atoms with Crippen LogP contribution in [0.25, 0.3) is 0 Å². The Bertz CT molecular complexity index is 300. The molecule has 0 saturated carbocycles. The summed E-state index contributed by atoms with van der Waals surface area (Å²) in [7, 11) is 0. The molecule has 0 bridgehead atoms. The van der Waals surface area contributed by atoms with E-state index < -0.39 is 5.69 Å². The fraction of sp³-hybridized carbons (Fsp3) is 0.600. The molecule has 1 aromatic heterocycles. The molecule has 0 spiro atoms. The molecule has 0 amide bonds. The van der Waals surface area contributed by atoms with Gasteiger partial charge in [0.1, 0.15) is 5.82 Å². The van der Waals surface area contributed by atoms with Gasteiger partial charge >= 0.3 is 5.69 Å². The Morgan fingerprint density at radius 1 is 1.73 bits per heavy atom. The van der Waals surface area contributed by atoms with Crippen LogP contribution in [0, 0.1) is 6.92 Å². The van der Waals surface area contributed by atoms with Crippen LogP contribution < -0.4 is 11.5 Å². The van der Waals surface area contributed by atoms with Gasteiger partial charge in [-0.25, -0.2) is 9.48 Å². The fourth-order valence-electron chi connectivity index (χ4n) is 0.769. The minimum atomic E-state index is -0.406. The molecule has 62 valence electrons. The summed E-state index contributed by atoms with van der Waals surface area (Å²) in [5.74, 6) is 5.71. The molecule has 0 aliphatic rings. The fourth-order valence-corrected chi connectivity index (χ4v) is 0.769. The average molecular weight is 158 g/mol. The minimum absolute atomic E-state index is 0.115. The summed E-state index contributed by atoms with van der Waals surface area (Å²) < 4.78 is 2.06. The maximum absolute atomic E-state index is 11.0. The first kappa shape index (κ1) is 7.80. The summed E-state index contributed by atoms with van der Waals surface area (Å²) >= 11 is 0. The zero-order valence-electron chi connectivity index (χ0n) is 6.19. The zero-order chi connectivity index (χ0) is 8.43. The molecule has 0 aromatic carbocycles. The van der Waals surface area contributed by atoms with E-state index in [-0.39, 0.29) is 13.2 Å². The molecule has 0 unspecified atom stereocenters. The first-order valence-electron chi connectivity index (χ1n) is 3.19. The Kier molecular flexibility index (Phi) is 1.95. The van der Waals surface area contributed by atoms with Crippen LogP contribution in [0.15, 0.2) is 4.79 Å². The van der Waals surface area contributed by atoms with Gasteiger partial charge in [0.15, 0.2) is 0 Å². The lowest BCUT2D eigenvalue weighted by Crippen LogP contribution is -2.30. The van der Waals surface area contributed by atoms with Crippen molar-refractivity contribution in [3.63, 3.8) is 0 Å². The van der Waals surface area contributed by atoms with Crippen molar-refractivity contribution in [3.05, 3.63) is 16.3 Å². The first-order valence-corrected chi connectivity index (χ1v) is 3.19. The molecule has 11 heavy (non-hydrogen) atoms. The Balaban J connectivity index is 3.09. The van der Waals surface area contributed by atoms with Gasteiger partial charge in [0.05, 0.1) is 13.2 Å². The standard InChI is InChI=1S/C5H10N4O2/c1-4-7-8(2-3-10)5(11)9(4)6/h10H,2-3,6H2,1H3. The SMILES string of the molecule is Cc1nn(CCO)c(=O)n1N. The number of aliphatic hydroxyl groups excluding tert-OH is 1. The van der Waals surface area contributed by atoms with Crippen LogP contribution in [0.1, 0.15) is 5.82 Å². The van der Waals surface area contributed by atoms with Gasteiger partial charge in [0.2, 0.25) is 0 Å². The largest absolute Gasteiger partial charge is 0.394 e. The molecule has 1 aromatic rings. The highest BCUT2D eigenvalue weighted by molar-refractivity contribution is 4.82. The van der Waals surface area contributed by atoms with Crippen molar-refractivity contribution in [3.8, 4) is 0 Å². The van der Waals surface area contributed by atoms with E-state index in [9.17, 15) is 4.79 Å². The lowest BCUT2D eigenvalue weighted by atomic mass is 10.7. The second-order valence-corrected chi connectivity index (χ2v) is 2.15. The maximum atomic E-state index is 11.0. The van der Waals surface area contributed by atoms with Gasteiger partial charge in [-0.3, -0.25) is 0 Å². The average Bonchev–Trinajstić information content (AvgIpc) is 2.19. The van der Waals surface area contributed by atoms with E-state index in [0.717, 1.165) is 9.36 Å². The van der Waals surface area contributed by atoms with Crippen LogP contribution in [-0.4, -0.2) is 26.2 Å². The maximum Gasteiger partial charge on any atom is 0.364 e. The van der Waals surface area contributed by atoms with Gasteiger partial charge in [-0.15, -0.1) is 0 Å². The van der Waals surface area contributed by atoms with Gasteiger partial charge in [-0.05, 0) is 6.92 Å². The molecule has 1 heterocycles. The van der Waals surface area contributed by atoms with Crippen LogP contribution in [0.4, 0.5) is 0 Å². The molecular formula is C5H10N4O2. The van der Waals surface area contributed by atoms with Crippen molar-refractivity contribution in [1.29, 1.82) is 0 Å². The predicted molar refractivity (Wildman–Crippen MR) is 38.5 cm³/mol. The number of hydrogen-bond donors (Lipinski definition) is 2. The number of nitrogens with two attached hydrogens (primary N) is 1.